The van der Waals surface area contributed by atoms with E-state index < -0.39 is 18.1 Å². The van der Waals surface area contributed by atoms with Crippen molar-refractivity contribution in [3.05, 3.63) is 119 Å². The Labute approximate surface area is 410 Å². The molecular weight excluding hydrogens is 911 g/mol. The number of amides is 3. The number of para-hydroxylation sites is 1. The zero-order valence-electron chi connectivity index (χ0n) is 39.7. The number of benzene rings is 3. The van der Waals surface area contributed by atoms with Crippen molar-refractivity contribution < 1.29 is 38.6 Å². The van der Waals surface area contributed by atoms with Gasteiger partial charge in [0.1, 0.15) is 30.0 Å². The van der Waals surface area contributed by atoms with Gasteiger partial charge in [0.2, 0.25) is 11.8 Å². The van der Waals surface area contributed by atoms with Crippen molar-refractivity contribution in [2.45, 2.75) is 89.6 Å². The van der Waals surface area contributed by atoms with Crippen LogP contribution in [0.4, 0.5) is 5.82 Å². The summed E-state index contributed by atoms with van der Waals surface area (Å²) in [6.07, 6.45) is 1.72. The molecule has 6 aromatic rings. The van der Waals surface area contributed by atoms with Gasteiger partial charge < -0.3 is 45.1 Å². The Kier molecular flexibility index (Phi) is 14.4. The van der Waals surface area contributed by atoms with Crippen LogP contribution in [-0.2, 0) is 16.0 Å². The predicted octanol–water partition coefficient (Wildman–Crippen LogP) is 6.42. The number of nitrogens with two attached hydrogens (primary N) is 1. The molecule has 2 bridgehead atoms. The number of thiazole rings is 1. The Bertz CT molecular complexity index is 2790. The third kappa shape index (κ3) is 10.5. The van der Waals surface area contributed by atoms with Gasteiger partial charge in [-0.3, -0.25) is 19.3 Å². The minimum absolute atomic E-state index is 0.0250. The maximum atomic E-state index is 14.3. The molecule has 3 aliphatic rings. The van der Waals surface area contributed by atoms with Gasteiger partial charge in [0.25, 0.3) is 11.8 Å². The number of ether oxygens (including phenoxy) is 2. The fraction of sp³-hybridized carbons (Fsp3) is 0.404. The van der Waals surface area contributed by atoms with Crippen LogP contribution < -0.4 is 20.5 Å². The molecule has 18 heteroatoms. The molecule has 6 atom stereocenters. The van der Waals surface area contributed by atoms with E-state index in [9.17, 15) is 24.6 Å². The lowest BCUT2D eigenvalue weighted by molar-refractivity contribution is -0.141. The summed E-state index contributed by atoms with van der Waals surface area (Å²) in [5.74, 6) is -0.361. The molecule has 3 aromatic carbocycles. The Balaban J connectivity index is 0.740. The molecule has 3 aromatic heterocycles. The van der Waals surface area contributed by atoms with Gasteiger partial charge in [-0.05, 0) is 78.7 Å². The third-order valence-electron chi connectivity index (χ3n) is 13.7. The molecule has 70 heavy (non-hydrogen) atoms. The van der Waals surface area contributed by atoms with Gasteiger partial charge >= 0.3 is 0 Å². The summed E-state index contributed by atoms with van der Waals surface area (Å²) in [6, 6.07) is 24.8. The average molecular weight is 970 g/mol. The number of anilines is 1. The first-order valence-corrected chi connectivity index (χ1v) is 24.8. The van der Waals surface area contributed by atoms with Crippen molar-refractivity contribution in [1.29, 1.82) is 0 Å². The molecule has 0 unspecified atom stereocenters. The monoisotopic (exact) mass is 969 g/mol. The van der Waals surface area contributed by atoms with Gasteiger partial charge in [-0.1, -0.05) is 62.4 Å². The normalized spacial score (nSPS) is 19.9. The number of hydrogen-bond donors (Lipinski definition) is 4. The lowest BCUT2D eigenvalue weighted by atomic mass is 9.91. The number of piperazine rings is 1. The van der Waals surface area contributed by atoms with Crippen LogP contribution in [-0.4, -0.2) is 127 Å². The minimum Gasteiger partial charge on any atom is -0.507 e. The lowest BCUT2D eigenvalue weighted by Crippen LogP contribution is -2.56. The number of carbonyl (C=O) groups is 3. The molecule has 366 valence electrons. The summed E-state index contributed by atoms with van der Waals surface area (Å²) in [5.41, 5.74) is 13.4. The number of nitrogens with one attached hydrogen (secondary N) is 1. The number of aliphatic hydroxyl groups excluding tert-OH is 1. The summed E-state index contributed by atoms with van der Waals surface area (Å²) < 4.78 is 17.8. The number of carbonyl (C=O) groups excluding carboxylic acids is 3. The van der Waals surface area contributed by atoms with E-state index in [1.165, 1.54) is 4.90 Å². The van der Waals surface area contributed by atoms with Gasteiger partial charge in [0.05, 0.1) is 34.8 Å². The molecule has 0 aliphatic carbocycles. The van der Waals surface area contributed by atoms with Crippen LogP contribution in [0.15, 0.2) is 95.0 Å². The minimum atomic E-state index is -0.849. The van der Waals surface area contributed by atoms with Gasteiger partial charge in [-0.25, -0.2) is 4.98 Å². The Hall–Kier alpha value is -6.89. The van der Waals surface area contributed by atoms with E-state index in [1.54, 1.807) is 47.7 Å². The molecule has 3 aliphatic heterocycles. The second-order valence-corrected chi connectivity index (χ2v) is 19.7. The molecule has 0 spiro atoms. The number of fused-ring (bicyclic) bond motifs is 2. The maximum Gasteiger partial charge on any atom is 0.254 e. The maximum absolute atomic E-state index is 14.3. The Morgan fingerprint density at radius 2 is 1.67 bits per heavy atom. The summed E-state index contributed by atoms with van der Waals surface area (Å²) >= 11 is 1.58. The van der Waals surface area contributed by atoms with E-state index in [1.807, 2.05) is 86.6 Å². The number of β-amino-alcohol motifs (C(OH)–C–C–N with tert-alkyl or cyclic N) is 1. The first-order valence-electron chi connectivity index (χ1n) is 23.9. The number of hydrogen-bond acceptors (Lipinski definition) is 15. The number of aryl methyl sites for hydroxylation is 1. The molecule has 3 fully saturated rings. The van der Waals surface area contributed by atoms with E-state index >= 15 is 0 Å². The van der Waals surface area contributed by atoms with Crippen molar-refractivity contribution in [3.63, 3.8) is 0 Å². The fourth-order valence-corrected chi connectivity index (χ4v) is 10.8. The molecule has 9 rings (SSSR count). The van der Waals surface area contributed by atoms with Crippen LogP contribution in [0.5, 0.6) is 17.4 Å². The van der Waals surface area contributed by atoms with Crippen LogP contribution in [0.3, 0.4) is 0 Å². The van der Waals surface area contributed by atoms with Crippen molar-refractivity contribution >= 4 is 34.9 Å². The van der Waals surface area contributed by atoms with Crippen LogP contribution in [0.2, 0.25) is 0 Å². The first-order chi connectivity index (χ1) is 33.8. The van der Waals surface area contributed by atoms with Crippen LogP contribution in [0.25, 0.3) is 21.7 Å². The van der Waals surface area contributed by atoms with Crippen LogP contribution in [0.1, 0.15) is 84.9 Å². The summed E-state index contributed by atoms with van der Waals surface area (Å²) in [4.78, 5) is 53.1. The number of nitrogens with zero attached hydrogens (tertiary/aromatic N) is 7. The second kappa shape index (κ2) is 21.0. The molecule has 17 nitrogen and oxygen atoms in total. The molecule has 3 saturated heterocycles. The van der Waals surface area contributed by atoms with E-state index in [0.717, 1.165) is 53.2 Å². The SMILES string of the molecule is Cc1ncsc1-c1ccc([C@H](C)NC(=O)[C@@H]2C[C@@H](O)CN2C(=O)[C@@H](c2cc(OCCN3C[C@H]4CC[C@@H](C3)N4C(=O)c3ccc(CCOc4cc(-c5ccccc5O)nnc4N)cc3)no2)C(C)C)cc1. The molecule has 0 radical (unpaired) electrons. The van der Waals surface area contributed by atoms with Crippen LogP contribution >= 0.6 is 11.3 Å². The zero-order chi connectivity index (χ0) is 49.1. The molecular formula is C52H59N9O8S. The number of phenolic OH excluding ortho intramolecular Hbond substituents is 1. The number of aromatic hydroxyl groups is 1. The molecule has 3 amide bonds. The fourth-order valence-electron chi connectivity index (χ4n) is 9.95. The lowest BCUT2D eigenvalue weighted by Gasteiger charge is -2.41. The predicted molar refractivity (Wildman–Crippen MR) is 263 cm³/mol. The highest BCUT2D eigenvalue weighted by atomic mass is 32.1. The molecule has 0 saturated carbocycles. The summed E-state index contributed by atoms with van der Waals surface area (Å²) in [7, 11) is 0. The zero-order valence-corrected chi connectivity index (χ0v) is 40.5. The van der Waals surface area contributed by atoms with E-state index in [2.05, 4.69) is 30.6 Å². The van der Waals surface area contributed by atoms with Crippen molar-refractivity contribution in [2.75, 3.05) is 45.1 Å². The number of rotatable bonds is 17. The molecule has 5 N–H and O–H groups in total. The van der Waals surface area contributed by atoms with E-state index in [4.69, 9.17) is 19.7 Å². The van der Waals surface area contributed by atoms with Gasteiger partial charge in [0, 0.05) is 74.4 Å². The van der Waals surface area contributed by atoms with Gasteiger partial charge in [-0.2, -0.15) is 0 Å². The largest absolute Gasteiger partial charge is 0.507 e. The number of aliphatic hydroxyl groups is 1. The third-order valence-corrected chi connectivity index (χ3v) is 14.6. The highest BCUT2D eigenvalue weighted by Gasteiger charge is 2.45. The Morgan fingerprint density at radius 3 is 2.37 bits per heavy atom. The van der Waals surface area contributed by atoms with E-state index in [-0.39, 0.29) is 72.2 Å². The standard InChI is InChI=1S/C52H59N9O8S/c1-30(2)47(52(66)60-28-39(62)23-42(60)50(64)55-31(3)34-13-15-35(16-14-34)48-32(4)54-29-70-48)44-25-46(58-69-44)68-22-20-59-26-37-17-18-38(27-59)61(37)51(65)36-11-9-33(10-12-36)19-21-67-45-24-41(56-57-49(45)53)40-7-5-6-8-43(40)63/h5-16,24-25,29-31,37-39,42,47,62-63H,17-23,26-28H2,1-4H3,(H2,53,57)(H,55,64)/t31-,37-,38+,39+,42-,47+/m0/s1. The highest BCUT2D eigenvalue weighted by molar-refractivity contribution is 7.13. The Morgan fingerprint density at radius 1 is 0.929 bits per heavy atom. The van der Waals surface area contributed by atoms with Crippen LogP contribution in [0, 0.1) is 12.8 Å². The summed E-state index contributed by atoms with van der Waals surface area (Å²) in [6.45, 7) is 10.5. The first kappa shape index (κ1) is 48.1. The smallest absolute Gasteiger partial charge is 0.254 e. The number of phenols is 1. The average Bonchev–Trinajstić information content (AvgIpc) is 4.15. The van der Waals surface area contributed by atoms with Crippen molar-refractivity contribution in [3.8, 4) is 39.1 Å². The van der Waals surface area contributed by atoms with Crippen molar-refractivity contribution in [1.82, 2.24) is 40.4 Å². The number of aromatic nitrogens is 4. The van der Waals surface area contributed by atoms with Crippen molar-refractivity contribution in [2.24, 2.45) is 5.92 Å². The van der Waals surface area contributed by atoms with Gasteiger partial charge in [0.15, 0.2) is 17.3 Å². The number of likely N-dealkylation sites (tertiary alicyclic amines) is 2. The second-order valence-electron chi connectivity index (χ2n) is 18.8. The highest BCUT2D eigenvalue weighted by Crippen LogP contribution is 2.35. The van der Waals surface area contributed by atoms with Gasteiger partial charge in [-0.15, -0.1) is 21.5 Å². The number of nitrogen functional groups attached to an aromatic ring is 1. The topological polar surface area (TPSA) is 223 Å². The molecule has 6 heterocycles. The quantitative estimate of drug-likeness (QED) is 0.0775. The van der Waals surface area contributed by atoms with E-state index in [0.29, 0.717) is 54.5 Å². The summed E-state index contributed by atoms with van der Waals surface area (Å²) in [5, 5.41) is 36.3.